The summed E-state index contributed by atoms with van der Waals surface area (Å²) in [5, 5.41) is 3.96. The van der Waals surface area contributed by atoms with Gasteiger partial charge in [0.25, 0.3) is 0 Å². The largest absolute Gasteiger partial charge is 0.396 e. The van der Waals surface area contributed by atoms with Gasteiger partial charge in [0.05, 0.1) is 18.4 Å². The van der Waals surface area contributed by atoms with Gasteiger partial charge in [-0.1, -0.05) is 22.5 Å². The summed E-state index contributed by atoms with van der Waals surface area (Å²) in [5.74, 6) is 0. The molecule has 1 aromatic heterocycles. The first-order valence-electron chi connectivity index (χ1n) is 2.79. The summed E-state index contributed by atoms with van der Waals surface area (Å²) < 4.78 is 2.60. The average Bonchev–Trinajstić information content (AvgIpc) is 2.13. The van der Waals surface area contributed by atoms with E-state index in [9.17, 15) is 0 Å². The molecule has 54 valence electrons. The van der Waals surface area contributed by atoms with Gasteiger partial charge in [0, 0.05) is 10.7 Å². The van der Waals surface area contributed by atoms with E-state index in [1.54, 1.807) is 17.1 Å². The van der Waals surface area contributed by atoms with E-state index in [2.05, 4.69) is 27.6 Å². The van der Waals surface area contributed by atoms with E-state index in [0.717, 1.165) is 4.48 Å². The van der Waals surface area contributed by atoms with Crippen molar-refractivity contribution >= 4 is 21.6 Å². The second-order valence-corrected chi connectivity index (χ2v) is 3.11. The van der Waals surface area contributed by atoms with Gasteiger partial charge in [0.2, 0.25) is 0 Å². The minimum Gasteiger partial charge on any atom is -0.396 e. The summed E-state index contributed by atoms with van der Waals surface area (Å²) in [5.41, 5.74) is 6.10. The molecule has 1 rings (SSSR count). The fraction of sp³-hybridized carbons (Fsp3) is 0.167. The SMILES string of the molecule is C=C(Br)Cn1cc(N)cn1. The van der Waals surface area contributed by atoms with Crippen molar-refractivity contribution in [1.82, 2.24) is 9.78 Å². The zero-order valence-electron chi connectivity index (χ0n) is 5.42. The number of hydrogen-bond donors (Lipinski definition) is 1. The molecular formula is C6H8BrN3. The Kier molecular flexibility index (Phi) is 2.11. The Balaban J connectivity index is 2.67. The van der Waals surface area contributed by atoms with E-state index in [1.165, 1.54) is 0 Å². The zero-order chi connectivity index (χ0) is 7.56. The van der Waals surface area contributed by atoms with Crippen LogP contribution in [0, 0.1) is 0 Å². The number of anilines is 1. The van der Waals surface area contributed by atoms with E-state index in [4.69, 9.17) is 5.73 Å². The van der Waals surface area contributed by atoms with Crippen molar-refractivity contribution < 1.29 is 0 Å². The fourth-order valence-electron chi connectivity index (χ4n) is 0.642. The maximum atomic E-state index is 5.43. The Labute approximate surface area is 67.7 Å². The van der Waals surface area contributed by atoms with Crippen LogP contribution in [0.5, 0.6) is 0 Å². The van der Waals surface area contributed by atoms with E-state index in [1.807, 2.05) is 0 Å². The van der Waals surface area contributed by atoms with Crippen LogP contribution < -0.4 is 5.73 Å². The molecule has 0 aliphatic heterocycles. The minimum atomic E-state index is 0.664. The molecule has 0 aliphatic carbocycles. The van der Waals surface area contributed by atoms with Gasteiger partial charge in [-0.2, -0.15) is 5.10 Å². The van der Waals surface area contributed by atoms with Gasteiger partial charge < -0.3 is 5.73 Å². The summed E-state index contributed by atoms with van der Waals surface area (Å²) in [7, 11) is 0. The molecule has 0 bridgehead atoms. The molecule has 1 aromatic rings. The van der Waals surface area contributed by atoms with Crippen LogP contribution in [0.4, 0.5) is 5.69 Å². The highest BCUT2D eigenvalue weighted by Crippen LogP contribution is 2.05. The molecule has 0 aliphatic rings. The summed E-state index contributed by atoms with van der Waals surface area (Å²) in [6, 6.07) is 0. The van der Waals surface area contributed by atoms with Crippen LogP contribution in [0.2, 0.25) is 0 Å². The molecule has 0 saturated heterocycles. The third kappa shape index (κ3) is 1.88. The molecule has 0 unspecified atom stereocenters. The lowest BCUT2D eigenvalue weighted by Gasteiger charge is -1.95. The van der Waals surface area contributed by atoms with Crippen molar-refractivity contribution in [3.05, 3.63) is 23.5 Å². The predicted octanol–water partition coefficient (Wildman–Crippen LogP) is 1.37. The zero-order valence-corrected chi connectivity index (χ0v) is 7.00. The Morgan fingerprint density at radius 1 is 1.90 bits per heavy atom. The lowest BCUT2D eigenvalue weighted by Crippen LogP contribution is -1.96. The quantitative estimate of drug-likeness (QED) is 0.786. The lowest BCUT2D eigenvalue weighted by atomic mass is 10.6. The highest BCUT2D eigenvalue weighted by atomic mass is 79.9. The summed E-state index contributed by atoms with van der Waals surface area (Å²) >= 11 is 3.22. The molecule has 0 saturated carbocycles. The summed E-state index contributed by atoms with van der Waals surface area (Å²) in [4.78, 5) is 0. The Hall–Kier alpha value is -0.770. The van der Waals surface area contributed by atoms with E-state index in [0.29, 0.717) is 12.2 Å². The maximum Gasteiger partial charge on any atom is 0.0719 e. The molecule has 10 heavy (non-hydrogen) atoms. The van der Waals surface area contributed by atoms with E-state index >= 15 is 0 Å². The molecule has 0 spiro atoms. The Morgan fingerprint density at radius 2 is 2.60 bits per heavy atom. The van der Waals surface area contributed by atoms with Crippen LogP contribution in [0.1, 0.15) is 0 Å². The molecule has 1 heterocycles. The van der Waals surface area contributed by atoms with Gasteiger partial charge in [0.1, 0.15) is 0 Å². The van der Waals surface area contributed by atoms with Crippen LogP contribution >= 0.6 is 15.9 Å². The molecule has 0 aromatic carbocycles. The van der Waals surface area contributed by atoms with Gasteiger partial charge in [-0.15, -0.1) is 0 Å². The van der Waals surface area contributed by atoms with Gasteiger partial charge in [-0.25, -0.2) is 0 Å². The second kappa shape index (κ2) is 2.88. The van der Waals surface area contributed by atoms with E-state index in [-0.39, 0.29) is 0 Å². The van der Waals surface area contributed by atoms with Crippen LogP contribution in [0.25, 0.3) is 0 Å². The maximum absolute atomic E-state index is 5.43. The normalized spacial score (nSPS) is 9.70. The van der Waals surface area contributed by atoms with Crippen molar-refractivity contribution in [1.29, 1.82) is 0 Å². The van der Waals surface area contributed by atoms with Gasteiger partial charge in [0.15, 0.2) is 0 Å². The van der Waals surface area contributed by atoms with Crippen molar-refractivity contribution in [3.63, 3.8) is 0 Å². The van der Waals surface area contributed by atoms with Crippen LogP contribution in [0.3, 0.4) is 0 Å². The molecule has 0 fully saturated rings. The predicted molar refractivity (Wildman–Crippen MR) is 44.7 cm³/mol. The summed E-state index contributed by atoms with van der Waals surface area (Å²) in [6.45, 7) is 4.34. The Morgan fingerprint density at radius 3 is 3.00 bits per heavy atom. The van der Waals surface area contributed by atoms with Gasteiger partial charge in [-0.3, -0.25) is 4.68 Å². The second-order valence-electron chi connectivity index (χ2n) is 1.99. The van der Waals surface area contributed by atoms with E-state index < -0.39 is 0 Å². The monoisotopic (exact) mass is 201 g/mol. The number of nitrogens with zero attached hydrogens (tertiary/aromatic N) is 2. The van der Waals surface area contributed by atoms with Crippen LogP contribution in [-0.4, -0.2) is 9.78 Å². The Bertz CT molecular complexity index is 241. The average molecular weight is 202 g/mol. The highest BCUT2D eigenvalue weighted by molar-refractivity contribution is 9.11. The minimum absolute atomic E-state index is 0.664. The number of rotatable bonds is 2. The first kappa shape index (κ1) is 7.34. The summed E-state index contributed by atoms with van der Waals surface area (Å²) in [6.07, 6.45) is 3.36. The lowest BCUT2D eigenvalue weighted by molar-refractivity contribution is 0.698. The number of hydrogen-bond acceptors (Lipinski definition) is 2. The molecular weight excluding hydrogens is 194 g/mol. The highest BCUT2D eigenvalue weighted by Gasteiger charge is 1.93. The number of nitrogens with two attached hydrogens (primary N) is 1. The van der Waals surface area contributed by atoms with Crippen LogP contribution in [0.15, 0.2) is 23.5 Å². The molecule has 4 heteroatoms. The van der Waals surface area contributed by atoms with Crippen molar-refractivity contribution in [3.8, 4) is 0 Å². The van der Waals surface area contributed by atoms with Crippen LogP contribution in [-0.2, 0) is 6.54 Å². The van der Waals surface area contributed by atoms with Crippen molar-refractivity contribution in [2.24, 2.45) is 0 Å². The number of aromatic nitrogens is 2. The molecule has 3 nitrogen and oxygen atoms in total. The number of halogens is 1. The fourth-order valence-corrected chi connectivity index (χ4v) is 0.899. The smallest absolute Gasteiger partial charge is 0.0719 e. The van der Waals surface area contributed by atoms with Crippen molar-refractivity contribution in [2.45, 2.75) is 6.54 Å². The first-order chi connectivity index (χ1) is 4.68. The van der Waals surface area contributed by atoms with Crippen molar-refractivity contribution in [2.75, 3.05) is 5.73 Å². The molecule has 0 radical (unpaired) electrons. The first-order valence-corrected chi connectivity index (χ1v) is 3.59. The van der Waals surface area contributed by atoms with Gasteiger partial charge >= 0.3 is 0 Å². The third-order valence-electron chi connectivity index (χ3n) is 0.987. The number of nitrogen functional groups attached to an aromatic ring is 1. The topological polar surface area (TPSA) is 43.8 Å². The standard InChI is InChI=1S/C6H8BrN3/c1-5(7)3-10-4-6(8)2-9-10/h2,4H,1,3,8H2. The molecule has 2 N–H and O–H groups in total. The molecule has 0 amide bonds. The third-order valence-corrected chi connectivity index (χ3v) is 1.24. The van der Waals surface area contributed by atoms with Gasteiger partial charge in [-0.05, 0) is 0 Å². The number of allylic oxidation sites excluding steroid dienone is 1. The molecule has 0 atom stereocenters.